The van der Waals surface area contributed by atoms with Crippen LogP contribution in [0.5, 0.6) is 0 Å². The van der Waals surface area contributed by atoms with Crippen molar-refractivity contribution in [2.75, 3.05) is 32.8 Å². The molecule has 0 N–H and O–H groups in total. The number of pyridine rings is 1. The zero-order chi connectivity index (χ0) is 13.8. The second kappa shape index (κ2) is 6.11. The highest BCUT2D eigenvalue weighted by molar-refractivity contribution is 5.99. The van der Waals surface area contributed by atoms with Gasteiger partial charge in [-0.3, -0.25) is 14.7 Å². The highest BCUT2D eigenvalue weighted by Gasteiger charge is 2.13. The molecule has 104 valence electrons. The van der Waals surface area contributed by atoms with Gasteiger partial charge in [0.1, 0.15) is 0 Å². The number of carbonyl (C=O) groups excluding carboxylic acids is 1. The van der Waals surface area contributed by atoms with E-state index >= 15 is 0 Å². The molecule has 1 saturated heterocycles. The Morgan fingerprint density at radius 3 is 2.95 bits per heavy atom. The molecule has 20 heavy (non-hydrogen) atoms. The van der Waals surface area contributed by atoms with E-state index in [-0.39, 0.29) is 5.78 Å². The molecule has 0 atom stereocenters. The first-order valence-electron chi connectivity index (χ1n) is 7.01. The largest absolute Gasteiger partial charge is 0.379 e. The number of fused-ring (bicyclic) bond motifs is 1. The van der Waals surface area contributed by atoms with Crippen LogP contribution in [0.1, 0.15) is 16.8 Å². The van der Waals surface area contributed by atoms with Gasteiger partial charge in [-0.2, -0.15) is 0 Å². The molecule has 0 radical (unpaired) electrons. The minimum Gasteiger partial charge on any atom is -0.379 e. The lowest BCUT2D eigenvalue weighted by atomic mass is 10.1. The Bertz CT molecular complexity index is 606. The summed E-state index contributed by atoms with van der Waals surface area (Å²) in [4.78, 5) is 18.8. The van der Waals surface area contributed by atoms with Crippen LogP contribution in [-0.4, -0.2) is 48.5 Å². The number of hydrogen-bond acceptors (Lipinski definition) is 4. The number of rotatable bonds is 4. The molecule has 4 heteroatoms. The van der Waals surface area contributed by atoms with Crippen LogP contribution in [0.15, 0.2) is 36.5 Å². The van der Waals surface area contributed by atoms with Crippen LogP contribution >= 0.6 is 0 Å². The minimum atomic E-state index is 0.197. The monoisotopic (exact) mass is 270 g/mol. The van der Waals surface area contributed by atoms with Gasteiger partial charge in [-0.1, -0.05) is 6.07 Å². The molecule has 0 bridgehead atoms. The summed E-state index contributed by atoms with van der Waals surface area (Å²) in [5, 5.41) is 1.02. The predicted octanol–water partition coefficient (Wildman–Crippen LogP) is 2.14. The van der Waals surface area contributed by atoms with Gasteiger partial charge < -0.3 is 4.74 Å². The van der Waals surface area contributed by atoms with Crippen molar-refractivity contribution in [3.63, 3.8) is 0 Å². The fourth-order valence-electron chi connectivity index (χ4n) is 2.48. The molecule has 3 rings (SSSR count). The van der Waals surface area contributed by atoms with Crippen molar-refractivity contribution >= 4 is 16.7 Å². The number of benzene rings is 1. The summed E-state index contributed by atoms with van der Waals surface area (Å²) in [7, 11) is 0. The van der Waals surface area contributed by atoms with E-state index in [0.29, 0.717) is 6.42 Å². The first-order chi connectivity index (χ1) is 9.83. The SMILES string of the molecule is O=C(CCN1CCOCC1)c1ccc2ncccc2c1. The number of ketones is 1. The van der Waals surface area contributed by atoms with Gasteiger partial charge in [-0.05, 0) is 24.3 Å². The van der Waals surface area contributed by atoms with Crippen LogP contribution in [0.25, 0.3) is 10.9 Å². The summed E-state index contributed by atoms with van der Waals surface area (Å²) in [5.74, 6) is 0.197. The molecule has 2 heterocycles. The third kappa shape index (κ3) is 3.03. The number of aromatic nitrogens is 1. The van der Waals surface area contributed by atoms with Crippen LogP contribution in [0.4, 0.5) is 0 Å². The van der Waals surface area contributed by atoms with E-state index < -0.39 is 0 Å². The molecule has 1 aliphatic heterocycles. The van der Waals surface area contributed by atoms with E-state index in [1.807, 2.05) is 30.3 Å². The second-order valence-electron chi connectivity index (χ2n) is 5.04. The Balaban J connectivity index is 1.65. The van der Waals surface area contributed by atoms with Crippen molar-refractivity contribution in [2.24, 2.45) is 0 Å². The molecule has 4 nitrogen and oxygen atoms in total. The van der Waals surface area contributed by atoms with E-state index in [0.717, 1.165) is 49.3 Å². The lowest BCUT2D eigenvalue weighted by Gasteiger charge is -2.26. The van der Waals surface area contributed by atoms with Crippen LogP contribution in [0, 0.1) is 0 Å². The molecule has 2 aromatic rings. The van der Waals surface area contributed by atoms with Crippen molar-refractivity contribution in [2.45, 2.75) is 6.42 Å². The molecule has 0 unspecified atom stereocenters. The van der Waals surface area contributed by atoms with Gasteiger partial charge in [0.05, 0.1) is 18.7 Å². The van der Waals surface area contributed by atoms with E-state index in [2.05, 4.69) is 9.88 Å². The molecule has 0 spiro atoms. The smallest absolute Gasteiger partial charge is 0.164 e. The maximum atomic E-state index is 12.3. The number of carbonyl (C=O) groups is 1. The Labute approximate surface area is 118 Å². The van der Waals surface area contributed by atoms with Crippen LogP contribution < -0.4 is 0 Å². The third-order valence-corrected chi connectivity index (χ3v) is 3.68. The van der Waals surface area contributed by atoms with Gasteiger partial charge in [-0.25, -0.2) is 0 Å². The molecule has 1 aromatic heterocycles. The average Bonchev–Trinajstić information content (AvgIpc) is 2.53. The number of morpholine rings is 1. The third-order valence-electron chi connectivity index (χ3n) is 3.68. The molecule has 1 aromatic carbocycles. The highest BCUT2D eigenvalue weighted by Crippen LogP contribution is 2.15. The molecular weight excluding hydrogens is 252 g/mol. The maximum absolute atomic E-state index is 12.3. The zero-order valence-corrected chi connectivity index (χ0v) is 11.4. The summed E-state index contributed by atoms with van der Waals surface area (Å²) in [5.41, 5.74) is 1.70. The van der Waals surface area contributed by atoms with Gasteiger partial charge >= 0.3 is 0 Å². The van der Waals surface area contributed by atoms with E-state index in [1.54, 1.807) is 6.20 Å². The van der Waals surface area contributed by atoms with E-state index in [1.165, 1.54) is 0 Å². The molecule has 0 amide bonds. The number of nitrogens with zero attached hydrogens (tertiary/aromatic N) is 2. The summed E-state index contributed by atoms with van der Waals surface area (Å²) >= 11 is 0. The maximum Gasteiger partial charge on any atom is 0.164 e. The van der Waals surface area contributed by atoms with Gasteiger partial charge in [0, 0.05) is 43.2 Å². The lowest BCUT2D eigenvalue weighted by molar-refractivity contribution is 0.0370. The van der Waals surface area contributed by atoms with Gasteiger partial charge in [0.2, 0.25) is 0 Å². The quantitative estimate of drug-likeness (QED) is 0.798. The van der Waals surface area contributed by atoms with Gasteiger partial charge in [-0.15, -0.1) is 0 Å². The normalized spacial score (nSPS) is 16.4. The van der Waals surface area contributed by atoms with E-state index in [9.17, 15) is 4.79 Å². The van der Waals surface area contributed by atoms with Gasteiger partial charge in [0.15, 0.2) is 5.78 Å². The summed E-state index contributed by atoms with van der Waals surface area (Å²) in [6, 6.07) is 9.60. The topological polar surface area (TPSA) is 42.4 Å². The Kier molecular flexibility index (Phi) is 4.04. The number of Topliss-reactive ketones (excluding diaryl/α,β-unsaturated/α-hetero) is 1. The standard InChI is InChI=1S/C16H18N2O2/c19-16(5-7-18-8-10-20-11-9-18)14-3-4-15-13(12-14)2-1-6-17-15/h1-4,6,12H,5,7-11H2. The Morgan fingerprint density at radius 2 is 2.10 bits per heavy atom. The second-order valence-corrected chi connectivity index (χ2v) is 5.04. The lowest BCUT2D eigenvalue weighted by Crippen LogP contribution is -2.37. The van der Waals surface area contributed by atoms with Crippen LogP contribution in [0.3, 0.4) is 0 Å². The summed E-state index contributed by atoms with van der Waals surface area (Å²) < 4.78 is 5.31. The fraction of sp³-hybridized carbons (Fsp3) is 0.375. The highest BCUT2D eigenvalue weighted by atomic mass is 16.5. The summed E-state index contributed by atoms with van der Waals surface area (Å²) in [6.45, 7) is 4.21. The fourth-order valence-corrected chi connectivity index (χ4v) is 2.48. The first kappa shape index (κ1) is 13.2. The Hall–Kier alpha value is -1.78. The van der Waals surface area contributed by atoms with Crippen LogP contribution in [-0.2, 0) is 4.74 Å². The molecule has 0 aliphatic carbocycles. The summed E-state index contributed by atoms with van der Waals surface area (Å²) in [6.07, 6.45) is 2.33. The molecule has 1 aliphatic rings. The molecule has 0 saturated carbocycles. The molecular formula is C16H18N2O2. The average molecular weight is 270 g/mol. The first-order valence-corrected chi connectivity index (χ1v) is 7.01. The zero-order valence-electron chi connectivity index (χ0n) is 11.4. The van der Waals surface area contributed by atoms with Crippen molar-refractivity contribution in [1.29, 1.82) is 0 Å². The van der Waals surface area contributed by atoms with Crippen molar-refractivity contribution < 1.29 is 9.53 Å². The van der Waals surface area contributed by atoms with E-state index in [4.69, 9.17) is 4.74 Å². The van der Waals surface area contributed by atoms with Gasteiger partial charge in [0.25, 0.3) is 0 Å². The van der Waals surface area contributed by atoms with Crippen molar-refractivity contribution in [1.82, 2.24) is 9.88 Å². The Morgan fingerprint density at radius 1 is 1.25 bits per heavy atom. The molecule has 1 fully saturated rings. The predicted molar refractivity (Wildman–Crippen MR) is 77.9 cm³/mol. The minimum absolute atomic E-state index is 0.197. The number of hydrogen-bond donors (Lipinski definition) is 0. The number of ether oxygens (including phenoxy) is 1. The van der Waals surface area contributed by atoms with Crippen molar-refractivity contribution in [3.8, 4) is 0 Å². The van der Waals surface area contributed by atoms with Crippen molar-refractivity contribution in [3.05, 3.63) is 42.1 Å². The van der Waals surface area contributed by atoms with Crippen LogP contribution in [0.2, 0.25) is 0 Å².